The number of unbranched alkanes of at least 4 members (excludes halogenated alkanes) is 23. The molecular formula is C34H74ClNO4. The second-order valence-electron chi connectivity index (χ2n) is 11.3. The highest BCUT2D eigenvalue weighted by atomic mass is 35.5. The lowest BCUT2D eigenvalue weighted by atomic mass is 10.1. The molecule has 5 N–H and O–H groups in total. The van der Waals surface area contributed by atoms with Gasteiger partial charge >= 0.3 is 5.97 Å². The van der Waals surface area contributed by atoms with E-state index in [0.29, 0.717) is 19.6 Å². The minimum Gasteiger partial charge on any atom is -0.480 e. The summed E-state index contributed by atoms with van der Waals surface area (Å²) in [5.74, 6) is -0.900. The Morgan fingerprint density at radius 3 is 0.900 bits per heavy atom. The van der Waals surface area contributed by atoms with Crippen LogP contribution in [0, 0.1) is 0 Å². The van der Waals surface area contributed by atoms with Crippen molar-refractivity contribution in [2.45, 2.75) is 200 Å². The lowest BCUT2D eigenvalue weighted by molar-refractivity contribution is -0.138. The van der Waals surface area contributed by atoms with Gasteiger partial charge in [0.25, 0.3) is 0 Å². The Morgan fingerprint density at radius 1 is 0.475 bits per heavy atom. The van der Waals surface area contributed by atoms with Gasteiger partial charge in [-0.05, 0) is 19.3 Å². The maximum Gasteiger partial charge on any atom is 0.320 e. The van der Waals surface area contributed by atoms with Gasteiger partial charge < -0.3 is 21.1 Å². The van der Waals surface area contributed by atoms with Crippen LogP contribution in [0.4, 0.5) is 0 Å². The van der Waals surface area contributed by atoms with E-state index >= 15 is 0 Å². The molecule has 0 aliphatic heterocycles. The Balaban J connectivity index is -0.000000248. The number of carbonyl (C=O) groups is 1. The summed E-state index contributed by atoms with van der Waals surface area (Å²) in [6.45, 7) is 7.29. The fraction of sp³-hybridized carbons (Fsp3) is 0.971. The largest absolute Gasteiger partial charge is 0.480 e. The molecule has 0 radical (unpaired) electrons. The van der Waals surface area contributed by atoms with Gasteiger partial charge in [-0.25, -0.2) is 0 Å². The molecule has 0 aliphatic rings. The fourth-order valence-electron chi connectivity index (χ4n) is 4.45. The summed E-state index contributed by atoms with van der Waals surface area (Å²) >= 11 is 0. The van der Waals surface area contributed by atoms with Gasteiger partial charge in [0, 0.05) is 13.2 Å². The zero-order valence-corrected chi connectivity index (χ0v) is 28.1. The molecule has 1 unspecified atom stereocenters. The second-order valence-corrected chi connectivity index (χ2v) is 11.3. The summed E-state index contributed by atoms with van der Waals surface area (Å²) in [7, 11) is 0. The van der Waals surface area contributed by atoms with Crippen molar-refractivity contribution >= 4 is 18.4 Å². The highest BCUT2D eigenvalue weighted by Gasteiger charge is 2.08. The zero-order valence-electron chi connectivity index (χ0n) is 27.3. The van der Waals surface area contributed by atoms with Crippen LogP contribution in [-0.4, -0.2) is 40.5 Å². The Morgan fingerprint density at radius 2 is 0.700 bits per heavy atom. The number of aliphatic carboxylic acids is 1. The lowest BCUT2D eigenvalue weighted by Crippen LogP contribution is -2.29. The van der Waals surface area contributed by atoms with E-state index in [-0.39, 0.29) is 12.4 Å². The van der Waals surface area contributed by atoms with E-state index in [4.69, 9.17) is 21.1 Å². The predicted molar refractivity (Wildman–Crippen MR) is 179 cm³/mol. The third kappa shape index (κ3) is 50.5. The fourth-order valence-corrected chi connectivity index (χ4v) is 4.45. The molecule has 0 saturated heterocycles. The van der Waals surface area contributed by atoms with Gasteiger partial charge in [0.2, 0.25) is 0 Å². The molecule has 6 heteroatoms. The van der Waals surface area contributed by atoms with Crippen molar-refractivity contribution < 1.29 is 20.1 Å². The van der Waals surface area contributed by atoms with Crippen molar-refractivity contribution in [1.29, 1.82) is 0 Å². The SMILES string of the molecule is CCCCC(N)C(=O)O.CCCCCCCCCCCCCCO.CCCCCCCCCCCCCCO.Cl. The Labute approximate surface area is 257 Å². The van der Waals surface area contributed by atoms with Gasteiger partial charge in [-0.15, -0.1) is 12.4 Å². The summed E-state index contributed by atoms with van der Waals surface area (Å²) in [4.78, 5) is 10.1. The van der Waals surface area contributed by atoms with Gasteiger partial charge in [0.1, 0.15) is 6.04 Å². The van der Waals surface area contributed by atoms with E-state index in [0.717, 1.165) is 25.7 Å². The van der Waals surface area contributed by atoms with Gasteiger partial charge in [0.15, 0.2) is 0 Å². The van der Waals surface area contributed by atoms with Gasteiger partial charge in [-0.1, -0.05) is 175 Å². The first kappa shape index (κ1) is 46.6. The molecule has 0 rings (SSSR count). The van der Waals surface area contributed by atoms with Crippen LogP contribution in [0.1, 0.15) is 194 Å². The van der Waals surface area contributed by atoms with Crippen LogP contribution in [0.3, 0.4) is 0 Å². The number of nitrogens with two attached hydrogens (primary N) is 1. The van der Waals surface area contributed by atoms with E-state index in [9.17, 15) is 4.79 Å². The molecule has 0 spiro atoms. The molecule has 246 valence electrons. The third-order valence-corrected chi connectivity index (χ3v) is 7.21. The molecule has 0 aliphatic carbocycles. The van der Waals surface area contributed by atoms with Crippen LogP contribution in [0.2, 0.25) is 0 Å². The van der Waals surface area contributed by atoms with Crippen molar-refractivity contribution in [1.82, 2.24) is 0 Å². The van der Waals surface area contributed by atoms with E-state index in [2.05, 4.69) is 13.8 Å². The average molecular weight is 596 g/mol. The normalized spacial score (nSPS) is 11.1. The maximum absolute atomic E-state index is 10.1. The van der Waals surface area contributed by atoms with Crippen LogP contribution >= 0.6 is 12.4 Å². The quantitative estimate of drug-likeness (QED) is 0.0673. The summed E-state index contributed by atoms with van der Waals surface area (Å²) in [5, 5.41) is 25.5. The van der Waals surface area contributed by atoms with Crippen LogP contribution in [0.25, 0.3) is 0 Å². The number of carboxylic acid groups (broad SMARTS) is 1. The highest BCUT2D eigenvalue weighted by Crippen LogP contribution is 2.12. The number of halogens is 1. The van der Waals surface area contributed by atoms with Crippen LogP contribution in [-0.2, 0) is 4.79 Å². The zero-order chi connectivity index (χ0) is 29.7. The summed E-state index contributed by atoms with van der Waals surface area (Å²) in [6.07, 6.45) is 35.0. The number of hydrogen-bond acceptors (Lipinski definition) is 4. The van der Waals surface area contributed by atoms with Crippen LogP contribution in [0.15, 0.2) is 0 Å². The van der Waals surface area contributed by atoms with Crippen molar-refractivity contribution in [3.63, 3.8) is 0 Å². The van der Waals surface area contributed by atoms with Gasteiger partial charge in [0.05, 0.1) is 0 Å². The second kappa shape index (κ2) is 45.6. The Hall–Kier alpha value is -0.360. The highest BCUT2D eigenvalue weighted by molar-refractivity contribution is 5.85. The van der Waals surface area contributed by atoms with Gasteiger partial charge in [-0.3, -0.25) is 4.79 Å². The van der Waals surface area contributed by atoms with Crippen molar-refractivity contribution in [2.75, 3.05) is 13.2 Å². The van der Waals surface area contributed by atoms with E-state index in [1.54, 1.807) is 0 Å². The molecular weight excluding hydrogens is 522 g/mol. The first-order chi connectivity index (χ1) is 19.0. The molecule has 5 nitrogen and oxygen atoms in total. The van der Waals surface area contributed by atoms with Crippen molar-refractivity contribution in [3.8, 4) is 0 Å². The molecule has 40 heavy (non-hydrogen) atoms. The summed E-state index contributed by atoms with van der Waals surface area (Å²) in [6, 6.07) is -0.662. The van der Waals surface area contributed by atoms with Crippen molar-refractivity contribution in [3.05, 3.63) is 0 Å². The molecule has 1 atom stereocenters. The smallest absolute Gasteiger partial charge is 0.320 e. The topological polar surface area (TPSA) is 104 Å². The van der Waals surface area contributed by atoms with E-state index in [1.165, 1.54) is 141 Å². The molecule has 0 saturated carbocycles. The van der Waals surface area contributed by atoms with E-state index < -0.39 is 12.0 Å². The molecule has 0 aromatic carbocycles. The first-order valence-electron chi connectivity index (χ1n) is 17.2. The molecule has 0 aromatic rings. The van der Waals surface area contributed by atoms with Crippen LogP contribution in [0.5, 0.6) is 0 Å². The number of carboxylic acids is 1. The number of aliphatic hydroxyl groups excluding tert-OH is 2. The van der Waals surface area contributed by atoms with Crippen LogP contribution < -0.4 is 5.73 Å². The molecule has 0 fully saturated rings. The summed E-state index contributed by atoms with van der Waals surface area (Å²) in [5.41, 5.74) is 5.20. The Bertz CT molecular complexity index is 377. The monoisotopic (exact) mass is 596 g/mol. The molecule has 0 bridgehead atoms. The van der Waals surface area contributed by atoms with Gasteiger partial charge in [-0.2, -0.15) is 0 Å². The number of rotatable bonds is 28. The third-order valence-electron chi connectivity index (χ3n) is 7.21. The molecule has 0 amide bonds. The Kier molecular flexibility index (Phi) is 53.1. The minimum atomic E-state index is -0.900. The van der Waals surface area contributed by atoms with Crippen molar-refractivity contribution in [2.24, 2.45) is 5.73 Å². The predicted octanol–water partition coefficient (Wildman–Crippen LogP) is 10.4. The molecule has 0 aromatic heterocycles. The first-order valence-corrected chi connectivity index (χ1v) is 17.2. The average Bonchev–Trinajstić information content (AvgIpc) is 2.94. The summed E-state index contributed by atoms with van der Waals surface area (Å²) < 4.78 is 0. The maximum atomic E-state index is 10.1. The number of hydrogen-bond donors (Lipinski definition) is 4. The van der Waals surface area contributed by atoms with E-state index in [1.807, 2.05) is 6.92 Å². The number of aliphatic hydroxyl groups is 2. The minimum absolute atomic E-state index is 0. The molecule has 0 heterocycles. The standard InChI is InChI=1S/2C14H30O.C6H13NO2.ClH/c2*1-2-3-4-5-6-7-8-9-10-11-12-13-14-15;1-2-3-4-5(7)6(8)9;/h2*15H,2-14H2,1H3;5H,2-4,7H2,1H3,(H,8,9);1H. The lowest BCUT2D eigenvalue weighted by Gasteiger charge is -2.02.